The lowest BCUT2D eigenvalue weighted by molar-refractivity contribution is -0.117. The van der Waals surface area contributed by atoms with Gasteiger partial charge in [-0.05, 0) is 36.6 Å². The van der Waals surface area contributed by atoms with Gasteiger partial charge in [0.1, 0.15) is 11.6 Å². The van der Waals surface area contributed by atoms with E-state index >= 15 is 0 Å². The normalized spacial score (nSPS) is 17.0. The van der Waals surface area contributed by atoms with Gasteiger partial charge in [0.2, 0.25) is 5.91 Å². The molecular weight excluding hydrogens is 471 g/mol. The molecule has 7 nitrogen and oxygen atoms in total. The zero-order chi connectivity index (χ0) is 26.5. The van der Waals surface area contributed by atoms with Gasteiger partial charge in [0.05, 0.1) is 40.1 Å². The lowest BCUT2D eigenvalue weighted by atomic mass is 9.49. The highest BCUT2D eigenvalue weighted by atomic mass is 19.3. The zero-order valence-corrected chi connectivity index (χ0v) is 20.1. The molecular formula is C25H19B3F2N6O. The average Bonchev–Trinajstić information content (AvgIpc) is 3.48. The minimum atomic E-state index is -2.68. The highest BCUT2D eigenvalue weighted by Gasteiger charge is 2.39. The quantitative estimate of drug-likeness (QED) is 0.332. The Bertz CT molecular complexity index is 1610. The molecule has 12 heteroatoms. The van der Waals surface area contributed by atoms with Crippen LogP contribution in [0.3, 0.4) is 0 Å². The van der Waals surface area contributed by atoms with Crippen LogP contribution < -0.4 is 10.6 Å². The third kappa shape index (κ3) is 5.17. The number of fused-ring (bicyclic) bond motifs is 2. The summed E-state index contributed by atoms with van der Waals surface area (Å²) in [5.74, 6) is 6.73. The maximum atomic E-state index is 13.2. The van der Waals surface area contributed by atoms with Gasteiger partial charge in [0.25, 0.3) is 6.43 Å². The highest BCUT2D eigenvalue weighted by Crippen LogP contribution is 2.38. The lowest BCUT2D eigenvalue weighted by Crippen LogP contribution is -2.40. The Morgan fingerprint density at radius 3 is 2.59 bits per heavy atom. The molecule has 1 aromatic carbocycles. The molecule has 1 saturated carbocycles. The van der Waals surface area contributed by atoms with Crippen LogP contribution in [0.15, 0.2) is 36.7 Å². The second kappa shape index (κ2) is 9.22. The summed E-state index contributed by atoms with van der Waals surface area (Å²) in [5.41, 5.74) is 2.13. The summed E-state index contributed by atoms with van der Waals surface area (Å²) in [4.78, 5) is 25.1. The van der Waals surface area contributed by atoms with Gasteiger partial charge in [0.15, 0.2) is 5.82 Å². The van der Waals surface area contributed by atoms with Gasteiger partial charge in [-0.1, -0.05) is 24.0 Å². The Hall–Kier alpha value is -3.87. The van der Waals surface area contributed by atoms with Gasteiger partial charge < -0.3 is 15.2 Å². The van der Waals surface area contributed by atoms with Gasteiger partial charge in [-0.15, -0.1) is 0 Å². The summed E-state index contributed by atoms with van der Waals surface area (Å²) in [6.07, 6.45) is 1.22. The third-order valence-corrected chi connectivity index (χ3v) is 6.26. The predicted molar refractivity (Wildman–Crippen MR) is 141 cm³/mol. The minimum absolute atomic E-state index is 0.0220. The molecule has 0 aliphatic heterocycles. The number of carbonyl (C=O) groups excluding carboxylic acids is 1. The molecule has 0 bridgehead atoms. The molecule has 0 spiro atoms. The van der Waals surface area contributed by atoms with E-state index in [1.54, 1.807) is 24.3 Å². The molecule has 0 saturated heterocycles. The maximum absolute atomic E-state index is 13.2. The predicted octanol–water partition coefficient (Wildman–Crippen LogP) is 2.98. The van der Waals surface area contributed by atoms with Crippen LogP contribution in [0.25, 0.3) is 21.8 Å². The van der Waals surface area contributed by atoms with Crippen LogP contribution in [-0.2, 0) is 11.8 Å². The number of imidazole rings is 1. The summed E-state index contributed by atoms with van der Waals surface area (Å²) < 4.78 is 27.8. The molecule has 0 unspecified atom stereocenters. The number of aryl methyl sites for hydroxylation is 1. The van der Waals surface area contributed by atoms with E-state index in [9.17, 15) is 13.6 Å². The Labute approximate surface area is 216 Å². The number of halogens is 2. The number of hydrogen-bond donors (Lipinski definition) is 2. The Morgan fingerprint density at radius 1 is 1.16 bits per heavy atom. The molecule has 3 aromatic heterocycles. The number of carbonyl (C=O) groups is 1. The number of aromatic nitrogens is 4. The second-order valence-corrected chi connectivity index (χ2v) is 9.29. The number of amides is 1. The van der Waals surface area contributed by atoms with Gasteiger partial charge in [-0.3, -0.25) is 4.79 Å². The number of rotatable bonds is 5. The van der Waals surface area contributed by atoms with Crippen molar-refractivity contribution in [2.75, 3.05) is 10.6 Å². The number of nitrogens with one attached hydrogen (secondary N) is 2. The Morgan fingerprint density at radius 2 is 1.92 bits per heavy atom. The Balaban J connectivity index is 1.55. The number of anilines is 2. The standard InChI is InChI=1S/C25H19B3F2N6O/c1-12-7-15(12)24(37)34-20-9-16-14(10-32-22(17(16)11-31-20)35-25(26,27)28)5-3-13-4-6-18-19(8-13)36(2)23(33-18)21(29)30/h4,6,8-12,15,21H,7H2,1-2H3,(H,32,35)(H,31,34,37)/t12-,15+/m1/s1. The molecule has 2 atom stereocenters. The number of alkyl halides is 2. The van der Waals surface area contributed by atoms with E-state index in [1.807, 2.05) is 6.92 Å². The average molecular weight is 490 g/mol. The fourth-order valence-corrected chi connectivity index (χ4v) is 4.13. The molecule has 1 fully saturated rings. The van der Waals surface area contributed by atoms with Crippen LogP contribution in [0, 0.1) is 23.7 Å². The molecule has 3 heterocycles. The molecule has 1 aliphatic carbocycles. The number of hydrogen-bond acceptors (Lipinski definition) is 5. The van der Waals surface area contributed by atoms with E-state index in [4.69, 9.17) is 23.5 Å². The van der Waals surface area contributed by atoms with E-state index < -0.39 is 11.7 Å². The first-order chi connectivity index (χ1) is 17.5. The largest absolute Gasteiger partial charge is 0.389 e. The van der Waals surface area contributed by atoms with E-state index in [2.05, 4.69) is 37.4 Å². The molecule has 1 amide bonds. The molecule has 2 N–H and O–H groups in total. The first-order valence-corrected chi connectivity index (χ1v) is 11.5. The fourth-order valence-electron chi connectivity index (χ4n) is 4.13. The maximum Gasteiger partial charge on any atom is 0.295 e. The van der Waals surface area contributed by atoms with Crippen LogP contribution in [0.4, 0.5) is 20.4 Å². The summed E-state index contributed by atoms with van der Waals surface area (Å²) in [6, 6.07) is 6.75. The molecule has 178 valence electrons. The van der Waals surface area contributed by atoms with Crippen molar-refractivity contribution in [2.45, 2.75) is 25.0 Å². The van der Waals surface area contributed by atoms with Gasteiger partial charge in [-0.2, -0.15) is 0 Å². The van der Waals surface area contributed by atoms with Crippen molar-refractivity contribution in [1.29, 1.82) is 0 Å². The van der Waals surface area contributed by atoms with Crippen LogP contribution >= 0.6 is 0 Å². The van der Waals surface area contributed by atoms with E-state index in [1.165, 1.54) is 24.0 Å². The van der Waals surface area contributed by atoms with E-state index in [-0.39, 0.29) is 17.6 Å². The van der Waals surface area contributed by atoms with Crippen LogP contribution in [0.1, 0.15) is 36.7 Å². The fraction of sp³-hybridized carbons (Fsp3) is 0.280. The van der Waals surface area contributed by atoms with Crippen LogP contribution in [0.2, 0.25) is 0 Å². The number of nitrogens with zero attached hydrogens (tertiary/aromatic N) is 4. The zero-order valence-electron chi connectivity index (χ0n) is 20.1. The lowest BCUT2D eigenvalue weighted by Gasteiger charge is -2.24. The minimum Gasteiger partial charge on any atom is -0.389 e. The smallest absolute Gasteiger partial charge is 0.295 e. The van der Waals surface area contributed by atoms with Gasteiger partial charge in [-0.25, -0.2) is 23.7 Å². The van der Waals surface area contributed by atoms with E-state index in [0.717, 1.165) is 6.42 Å². The first kappa shape index (κ1) is 24.8. The second-order valence-electron chi connectivity index (χ2n) is 9.29. The molecule has 5 rings (SSSR count). The summed E-state index contributed by atoms with van der Waals surface area (Å²) >= 11 is 0. The van der Waals surface area contributed by atoms with Crippen molar-refractivity contribution in [2.24, 2.45) is 18.9 Å². The number of pyridine rings is 2. The van der Waals surface area contributed by atoms with Crippen molar-refractivity contribution in [3.63, 3.8) is 0 Å². The third-order valence-electron chi connectivity index (χ3n) is 6.26. The first-order valence-electron chi connectivity index (χ1n) is 11.5. The summed E-state index contributed by atoms with van der Waals surface area (Å²) in [5, 5.41) is 5.03. The van der Waals surface area contributed by atoms with Crippen molar-refractivity contribution in [3.8, 4) is 11.8 Å². The van der Waals surface area contributed by atoms with Gasteiger partial charge >= 0.3 is 0 Å². The van der Waals surface area contributed by atoms with Crippen molar-refractivity contribution < 1.29 is 13.6 Å². The van der Waals surface area contributed by atoms with Crippen molar-refractivity contribution in [3.05, 3.63) is 53.6 Å². The molecule has 4 aromatic rings. The topological polar surface area (TPSA) is 84.7 Å². The number of benzene rings is 1. The van der Waals surface area contributed by atoms with E-state index in [0.29, 0.717) is 50.5 Å². The van der Waals surface area contributed by atoms with Gasteiger partial charge in [0, 0.05) is 41.7 Å². The summed E-state index contributed by atoms with van der Waals surface area (Å²) in [7, 11) is 18.6. The molecule has 37 heavy (non-hydrogen) atoms. The highest BCUT2D eigenvalue weighted by molar-refractivity contribution is 6.60. The van der Waals surface area contributed by atoms with Crippen molar-refractivity contribution >= 4 is 62.9 Å². The monoisotopic (exact) mass is 490 g/mol. The van der Waals surface area contributed by atoms with Crippen LogP contribution in [0.5, 0.6) is 0 Å². The Kier molecular flexibility index (Phi) is 6.18. The molecule has 6 radical (unpaired) electrons. The summed E-state index contributed by atoms with van der Waals surface area (Å²) in [6.45, 7) is 2.02. The van der Waals surface area contributed by atoms with Crippen LogP contribution in [-0.4, -0.2) is 54.2 Å². The SMILES string of the molecule is [B]C([B])([B])Nc1ncc(C#Cc2ccc3nc(C(F)F)n(C)c3c2)c2cc(NC(=O)[C@H]3C[C@H]3C)ncc12. The van der Waals surface area contributed by atoms with Crippen molar-refractivity contribution in [1.82, 2.24) is 19.5 Å². The molecule has 1 aliphatic rings.